The molecule has 9 nitrogen and oxygen atoms in total. The highest BCUT2D eigenvalue weighted by molar-refractivity contribution is 7.90. The van der Waals surface area contributed by atoms with E-state index in [9.17, 15) is 18.0 Å². The highest BCUT2D eigenvalue weighted by atomic mass is 32.2. The Bertz CT molecular complexity index is 1170. The van der Waals surface area contributed by atoms with Gasteiger partial charge in [-0.05, 0) is 30.2 Å². The molecule has 0 fully saturated rings. The molecule has 3 aromatic rings. The minimum absolute atomic E-state index is 0.122. The molecule has 2 N–H and O–H groups in total. The van der Waals surface area contributed by atoms with Gasteiger partial charge in [0.15, 0.2) is 12.3 Å². The lowest BCUT2D eigenvalue weighted by molar-refractivity contribution is -0.123. The molecule has 0 saturated heterocycles. The van der Waals surface area contributed by atoms with E-state index >= 15 is 0 Å². The number of hydrogen-bond donors (Lipinski definition) is 2. The lowest BCUT2D eigenvalue weighted by Gasteiger charge is -2.10. The summed E-state index contributed by atoms with van der Waals surface area (Å²) < 4.78 is 30.6. The Kier molecular flexibility index (Phi) is 5.83. The number of benzene rings is 1. The van der Waals surface area contributed by atoms with Crippen LogP contribution in [0.2, 0.25) is 0 Å². The second kappa shape index (κ2) is 8.31. The van der Waals surface area contributed by atoms with Crippen LogP contribution in [0.15, 0.2) is 53.8 Å². The topological polar surface area (TPSA) is 119 Å². The number of carbonyl (C=O) groups excluding carboxylic acids is 2. The quantitative estimate of drug-likeness (QED) is 0.582. The van der Waals surface area contributed by atoms with Gasteiger partial charge in [0, 0.05) is 12.5 Å². The molecule has 0 radical (unpaired) electrons. The average molecular weight is 416 g/mol. The highest BCUT2D eigenvalue weighted by Crippen LogP contribution is 2.18. The van der Waals surface area contributed by atoms with Crippen molar-refractivity contribution in [2.75, 3.05) is 12.9 Å². The second-order valence-corrected chi connectivity index (χ2v) is 8.13. The van der Waals surface area contributed by atoms with Gasteiger partial charge in [-0.3, -0.25) is 24.8 Å². The molecule has 10 heteroatoms. The summed E-state index contributed by atoms with van der Waals surface area (Å²) in [6, 6.07) is 12.2. The van der Waals surface area contributed by atoms with E-state index in [1.54, 1.807) is 30.3 Å². The number of para-hydroxylation sites is 1. The predicted molar refractivity (Wildman–Crippen MR) is 105 cm³/mol. The third-order valence-corrected chi connectivity index (χ3v) is 5.04. The van der Waals surface area contributed by atoms with E-state index in [0.29, 0.717) is 11.3 Å². The Labute approximate surface area is 167 Å². The normalized spacial score (nSPS) is 11.2. The van der Waals surface area contributed by atoms with E-state index in [1.165, 1.54) is 10.6 Å². The van der Waals surface area contributed by atoms with Crippen LogP contribution >= 0.6 is 0 Å². The van der Waals surface area contributed by atoms with E-state index < -0.39 is 21.7 Å². The summed E-state index contributed by atoms with van der Waals surface area (Å²) >= 11 is 0. The van der Waals surface area contributed by atoms with Crippen molar-refractivity contribution < 1.29 is 22.7 Å². The lowest BCUT2D eigenvalue weighted by Crippen LogP contribution is -2.44. The highest BCUT2D eigenvalue weighted by Gasteiger charge is 2.23. The molecule has 2 heterocycles. The summed E-state index contributed by atoms with van der Waals surface area (Å²) in [6.07, 6.45) is 3.25. The van der Waals surface area contributed by atoms with Crippen LogP contribution in [0.1, 0.15) is 23.0 Å². The number of carbonyl (C=O) groups is 2. The number of hydrazine groups is 1. The first kappa shape index (κ1) is 20.3. The van der Waals surface area contributed by atoms with Crippen molar-refractivity contribution in [2.45, 2.75) is 18.5 Å². The van der Waals surface area contributed by atoms with Crippen molar-refractivity contribution >= 4 is 27.2 Å². The van der Waals surface area contributed by atoms with Crippen molar-refractivity contribution in [2.24, 2.45) is 0 Å². The van der Waals surface area contributed by atoms with Crippen LogP contribution in [0.3, 0.4) is 0 Å². The smallest absolute Gasteiger partial charge is 0.290 e. The van der Waals surface area contributed by atoms with E-state index in [0.717, 1.165) is 18.2 Å². The molecule has 0 aliphatic carbocycles. The number of imidazole rings is 1. The molecule has 0 spiro atoms. The molecule has 2 amide bonds. The van der Waals surface area contributed by atoms with Gasteiger partial charge in [0.1, 0.15) is 5.75 Å². The maximum atomic E-state index is 12.4. The Morgan fingerprint density at radius 2 is 1.83 bits per heavy atom. The summed E-state index contributed by atoms with van der Waals surface area (Å²) in [6.45, 7) is 1.68. The zero-order valence-electron chi connectivity index (χ0n) is 15.9. The van der Waals surface area contributed by atoms with E-state index in [2.05, 4.69) is 15.8 Å². The monoisotopic (exact) mass is 416 g/mol. The first-order valence-corrected chi connectivity index (χ1v) is 10.7. The molecule has 152 valence electrons. The molecule has 3 rings (SSSR count). The van der Waals surface area contributed by atoms with Crippen LogP contribution in [0, 0.1) is 0 Å². The lowest BCUT2D eigenvalue weighted by atomic mass is 10.1. The van der Waals surface area contributed by atoms with Crippen LogP contribution in [0.25, 0.3) is 5.52 Å². The number of aryl methyl sites for hydroxylation is 1. The molecule has 1 aromatic carbocycles. The van der Waals surface area contributed by atoms with Gasteiger partial charge in [-0.25, -0.2) is 13.4 Å². The summed E-state index contributed by atoms with van der Waals surface area (Å²) in [5.74, 6) is -0.726. The van der Waals surface area contributed by atoms with Gasteiger partial charge in [-0.1, -0.05) is 31.2 Å². The second-order valence-electron chi connectivity index (χ2n) is 6.22. The van der Waals surface area contributed by atoms with Crippen LogP contribution in [0.5, 0.6) is 5.75 Å². The van der Waals surface area contributed by atoms with Crippen LogP contribution < -0.4 is 15.6 Å². The minimum Gasteiger partial charge on any atom is -0.483 e. The summed E-state index contributed by atoms with van der Waals surface area (Å²) in [4.78, 5) is 28.4. The molecule has 0 aliphatic rings. The largest absolute Gasteiger partial charge is 0.483 e. The van der Waals surface area contributed by atoms with Crippen LogP contribution in [-0.4, -0.2) is 42.5 Å². The molecule has 0 bridgehead atoms. The van der Waals surface area contributed by atoms with E-state index in [-0.39, 0.29) is 17.5 Å². The van der Waals surface area contributed by atoms with Gasteiger partial charge in [0.25, 0.3) is 11.8 Å². The number of amides is 2. The fourth-order valence-corrected chi connectivity index (χ4v) is 3.51. The van der Waals surface area contributed by atoms with Gasteiger partial charge < -0.3 is 4.74 Å². The number of pyridine rings is 1. The fourth-order valence-electron chi connectivity index (χ4n) is 2.74. The number of nitrogens with one attached hydrogen (secondary N) is 2. The first-order valence-electron chi connectivity index (χ1n) is 8.78. The van der Waals surface area contributed by atoms with Crippen molar-refractivity contribution in [3.8, 4) is 5.75 Å². The fraction of sp³-hybridized carbons (Fsp3) is 0.211. The SMILES string of the molecule is CCc1ccccc1OCC(=O)NNC(=O)c1nc(S(C)(=O)=O)n2ccccc12. The molecule has 29 heavy (non-hydrogen) atoms. The van der Waals surface area contributed by atoms with Crippen molar-refractivity contribution in [1.82, 2.24) is 20.2 Å². The number of aromatic nitrogens is 2. The number of hydrogen-bond acceptors (Lipinski definition) is 6. The summed E-state index contributed by atoms with van der Waals surface area (Å²) in [5.41, 5.74) is 5.61. The van der Waals surface area contributed by atoms with E-state index in [1.807, 2.05) is 19.1 Å². The van der Waals surface area contributed by atoms with Gasteiger partial charge >= 0.3 is 0 Å². The molecular weight excluding hydrogens is 396 g/mol. The summed E-state index contributed by atoms with van der Waals surface area (Å²) in [5, 5.41) is -0.260. The third kappa shape index (κ3) is 4.54. The standard InChI is InChI=1S/C19H20N4O5S/c1-3-13-8-4-5-10-15(13)28-12-16(24)21-22-18(25)17-14-9-6-7-11-23(14)19(20-17)29(2,26)27/h4-11H,3,12H2,1-2H3,(H,21,24)(H,22,25). The Morgan fingerprint density at radius 3 is 2.55 bits per heavy atom. The molecule has 0 aliphatic heterocycles. The molecule has 2 aromatic heterocycles. The van der Waals surface area contributed by atoms with Gasteiger partial charge in [-0.2, -0.15) is 0 Å². The van der Waals surface area contributed by atoms with Crippen molar-refractivity contribution in [1.29, 1.82) is 0 Å². The zero-order valence-corrected chi connectivity index (χ0v) is 16.7. The molecule has 0 unspecified atom stereocenters. The predicted octanol–water partition coefficient (Wildman–Crippen LogP) is 1.14. The van der Waals surface area contributed by atoms with Gasteiger partial charge in [0.05, 0.1) is 5.52 Å². The minimum atomic E-state index is -3.65. The Balaban J connectivity index is 1.67. The van der Waals surface area contributed by atoms with Crippen molar-refractivity contribution in [3.63, 3.8) is 0 Å². The third-order valence-electron chi connectivity index (χ3n) is 4.09. The molecule has 0 saturated carbocycles. The zero-order chi connectivity index (χ0) is 21.0. The number of ether oxygens (including phenoxy) is 1. The van der Waals surface area contributed by atoms with E-state index in [4.69, 9.17) is 4.74 Å². The Hall–Kier alpha value is -3.40. The molecular formula is C19H20N4O5S. The maximum Gasteiger partial charge on any atom is 0.290 e. The van der Waals surface area contributed by atoms with Crippen LogP contribution in [0.4, 0.5) is 0 Å². The number of nitrogens with zero attached hydrogens (tertiary/aromatic N) is 2. The summed E-state index contributed by atoms with van der Waals surface area (Å²) in [7, 11) is -3.65. The number of rotatable bonds is 6. The number of sulfone groups is 1. The van der Waals surface area contributed by atoms with Gasteiger partial charge in [0.2, 0.25) is 15.0 Å². The van der Waals surface area contributed by atoms with Gasteiger partial charge in [-0.15, -0.1) is 0 Å². The first-order chi connectivity index (χ1) is 13.8. The van der Waals surface area contributed by atoms with Crippen molar-refractivity contribution in [3.05, 3.63) is 59.9 Å². The average Bonchev–Trinajstić information content (AvgIpc) is 3.11. The Morgan fingerprint density at radius 1 is 1.10 bits per heavy atom. The number of fused-ring (bicyclic) bond motifs is 1. The molecule has 0 atom stereocenters. The van der Waals surface area contributed by atoms with Crippen LogP contribution in [-0.2, 0) is 21.1 Å². The maximum absolute atomic E-state index is 12.4.